The minimum Gasteiger partial charge on any atom is -0.335 e. The highest BCUT2D eigenvalue weighted by atomic mass is 15.3. The van der Waals surface area contributed by atoms with Crippen molar-refractivity contribution in [3.05, 3.63) is 18.2 Å². The summed E-state index contributed by atoms with van der Waals surface area (Å²) >= 11 is 0. The molecule has 0 spiro atoms. The maximum absolute atomic E-state index is 4.44. The number of aromatic nitrogens is 2. The van der Waals surface area contributed by atoms with Gasteiger partial charge in [0.15, 0.2) is 0 Å². The summed E-state index contributed by atoms with van der Waals surface area (Å²) in [7, 11) is 2.21. The van der Waals surface area contributed by atoms with Crippen LogP contribution in [0, 0.1) is 0 Å². The lowest BCUT2D eigenvalue weighted by Gasteiger charge is -2.34. The second-order valence-corrected chi connectivity index (χ2v) is 6.95. The third-order valence-corrected chi connectivity index (χ3v) is 4.46. The SMILES string of the molecule is CC(CN1CCN(C)CC1)NCCCn1ccnc1C(C)C. The molecular weight excluding hydrogens is 274 g/mol. The van der Waals surface area contributed by atoms with Gasteiger partial charge in [0.1, 0.15) is 5.82 Å². The molecule has 1 fully saturated rings. The van der Waals surface area contributed by atoms with Gasteiger partial charge in [0.25, 0.3) is 0 Å². The van der Waals surface area contributed by atoms with E-state index in [0.717, 1.165) is 26.1 Å². The van der Waals surface area contributed by atoms with Crippen molar-refractivity contribution in [2.75, 3.05) is 46.3 Å². The number of hydrogen-bond acceptors (Lipinski definition) is 4. The maximum atomic E-state index is 4.44. The molecule has 1 aromatic rings. The summed E-state index contributed by atoms with van der Waals surface area (Å²) in [6.45, 7) is 14.8. The molecule has 0 radical (unpaired) electrons. The van der Waals surface area contributed by atoms with Gasteiger partial charge in [-0.1, -0.05) is 13.8 Å². The number of hydrogen-bond donors (Lipinski definition) is 1. The van der Waals surface area contributed by atoms with Crippen LogP contribution in [0.15, 0.2) is 12.4 Å². The summed E-state index contributed by atoms with van der Waals surface area (Å²) in [5.41, 5.74) is 0. The largest absolute Gasteiger partial charge is 0.335 e. The average molecular weight is 307 g/mol. The number of piperazine rings is 1. The first-order chi connectivity index (χ1) is 10.6. The number of imidazole rings is 1. The van der Waals surface area contributed by atoms with Crippen LogP contribution in [0.3, 0.4) is 0 Å². The van der Waals surface area contributed by atoms with E-state index in [1.807, 2.05) is 6.20 Å². The number of rotatable bonds is 8. The van der Waals surface area contributed by atoms with Crippen LogP contribution in [0.25, 0.3) is 0 Å². The number of nitrogens with one attached hydrogen (secondary N) is 1. The summed E-state index contributed by atoms with van der Waals surface area (Å²) in [6, 6.07) is 0.566. The van der Waals surface area contributed by atoms with Crippen LogP contribution in [-0.4, -0.2) is 71.7 Å². The van der Waals surface area contributed by atoms with E-state index in [-0.39, 0.29) is 0 Å². The predicted molar refractivity (Wildman–Crippen MR) is 92.3 cm³/mol. The fourth-order valence-electron chi connectivity index (χ4n) is 3.09. The third-order valence-electron chi connectivity index (χ3n) is 4.46. The lowest BCUT2D eigenvalue weighted by atomic mass is 10.2. The predicted octanol–water partition coefficient (Wildman–Crippen LogP) is 1.62. The van der Waals surface area contributed by atoms with Gasteiger partial charge in [-0.3, -0.25) is 4.90 Å². The first-order valence-electron chi connectivity index (χ1n) is 8.71. The van der Waals surface area contributed by atoms with E-state index in [1.165, 1.54) is 32.0 Å². The van der Waals surface area contributed by atoms with Gasteiger partial charge in [-0.15, -0.1) is 0 Å². The van der Waals surface area contributed by atoms with E-state index in [1.54, 1.807) is 0 Å². The molecule has 0 aromatic carbocycles. The minimum atomic E-state index is 0.499. The van der Waals surface area contributed by atoms with Gasteiger partial charge in [0.2, 0.25) is 0 Å². The first kappa shape index (κ1) is 17.4. The van der Waals surface area contributed by atoms with Gasteiger partial charge in [-0.2, -0.15) is 0 Å². The van der Waals surface area contributed by atoms with E-state index < -0.39 is 0 Å². The molecule has 1 aromatic heterocycles. The Morgan fingerprint density at radius 1 is 1.18 bits per heavy atom. The van der Waals surface area contributed by atoms with Gasteiger partial charge < -0.3 is 14.8 Å². The molecule has 2 rings (SSSR count). The van der Waals surface area contributed by atoms with Gasteiger partial charge in [0.05, 0.1) is 0 Å². The number of likely N-dealkylation sites (N-methyl/N-ethyl adjacent to an activating group) is 1. The van der Waals surface area contributed by atoms with Crippen molar-refractivity contribution in [2.24, 2.45) is 0 Å². The van der Waals surface area contributed by atoms with Crippen molar-refractivity contribution in [1.29, 1.82) is 0 Å². The van der Waals surface area contributed by atoms with Crippen molar-refractivity contribution in [3.8, 4) is 0 Å². The van der Waals surface area contributed by atoms with Crippen LogP contribution < -0.4 is 5.32 Å². The fourth-order valence-corrected chi connectivity index (χ4v) is 3.09. The zero-order chi connectivity index (χ0) is 15.9. The topological polar surface area (TPSA) is 36.3 Å². The van der Waals surface area contributed by atoms with Crippen LogP contribution in [0.1, 0.15) is 38.9 Å². The Morgan fingerprint density at radius 3 is 2.59 bits per heavy atom. The molecule has 22 heavy (non-hydrogen) atoms. The van der Waals surface area contributed by atoms with E-state index in [0.29, 0.717) is 12.0 Å². The van der Waals surface area contributed by atoms with E-state index in [9.17, 15) is 0 Å². The number of aryl methyl sites for hydroxylation is 1. The molecule has 0 aliphatic carbocycles. The molecule has 1 aliphatic heterocycles. The second kappa shape index (κ2) is 8.65. The molecular formula is C17H33N5. The van der Waals surface area contributed by atoms with Crippen LogP contribution in [0.4, 0.5) is 0 Å². The molecule has 5 nitrogen and oxygen atoms in total. The first-order valence-corrected chi connectivity index (χ1v) is 8.71. The van der Waals surface area contributed by atoms with E-state index in [4.69, 9.17) is 0 Å². The fraction of sp³-hybridized carbons (Fsp3) is 0.824. The van der Waals surface area contributed by atoms with Crippen molar-refractivity contribution < 1.29 is 0 Å². The molecule has 1 N–H and O–H groups in total. The molecule has 1 aliphatic rings. The molecule has 0 saturated carbocycles. The van der Waals surface area contributed by atoms with Crippen LogP contribution in [0.5, 0.6) is 0 Å². The zero-order valence-corrected chi connectivity index (χ0v) is 14.8. The quantitative estimate of drug-likeness (QED) is 0.741. The summed E-state index contributed by atoms with van der Waals surface area (Å²) in [5, 5.41) is 3.66. The highest BCUT2D eigenvalue weighted by Gasteiger charge is 2.15. The average Bonchev–Trinajstić information content (AvgIpc) is 2.95. The Hall–Kier alpha value is -0.910. The smallest absolute Gasteiger partial charge is 0.111 e. The highest BCUT2D eigenvalue weighted by molar-refractivity contribution is 4.97. The van der Waals surface area contributed by atoms with Gasteiger partial charge in [-0.05, 0) is 26.9 Å². The highest BCUT2D eigenvalue weighted by Crippen LogP contribution is 2.11. The molecule has 1 saturated heterocycles. The molecule has 5 heteroatoms. The van der Waals surface area contributed by atoms with Crippen molar-refractivity contribution in [3.63, 3.8) is 0 Å². The summed E-state index contributed by atoms with van der Waals surface area (Å²) in [4.78, 5) is 9.43. The maximum Gasteiger partial charge on any atom is 0.111 e. The molecule has 0 bridgehead atoms. The Morgan fingerprint density at radius 2 is 1.91 bits per heavy atom. The standard InChI is InChI=1S/C17H33N5/c1-15(2)17-19-7-9-22(17)8-5-6-18-16(3)14-21-12-10-20(4)11-13-21/h7,9,15-16,18H,5-6,8,10-14H2,1-4H3. The van der Waals surface area contributed by atoms with Crippen molar-refractivity contribution >= 4 is 0 Å². The van der Waals surface area contributed by atoms with Crippen molar-refractivity contribution in [2.45, 2.75) is 45.7 Å². The van der Waals surface area contributed by atoms with Crippen molar-refractivity contribution in [1.82, 2.24) is 24.7 Å². The third kappa shape index (κ3) is 5.38. The van der Waals surface area contributed by atoms with Crippen LogP contribution in [0.2, 0.25) is 0 Å². The molecule has 1 unspecified atom stereocenters. The molecule has 1 atom stereocenters. The Balaban J connectivity index is 1.61. The second-order valence-electron chi connectivity index (χ2n) is 6.95. The Bertz CT molecular complexity index is 420. The Labute approximate surface area is 135 Å². The lowest BCUT2D eigenvalue weighted by Crippen LogP contribution is -2.49. The Kier molecular flexibility index (Phi) is 6.86. The minimum absolute atomic E-state index is 0.499. The van der Waals surface area contributed by atoms with Crippen LogP contribution in [-0.2, 0) is 6.54 Å². The summed E-state index contributed by atoms with van der Waals surface area (Å²) in [5.74, 6) is 1.70. The lowest BCUT2D eigenvalue weighted by molar-refractivity contribution is 0.144. The molecule has 0 amide bonds. The molecule has 2 heterocycles. The summed E-state index contributed by atoms with van der Waals surface area (Å²) in [6.07, 6.45) is 5.17. The monoisotopic (exact) mass is 307 g/mol. The van der Waals surface area contributed by atoms with E-state index >= 15 is 0 Å². The van der Waals surface area contributed by atoms with Crippen LogP contribution >= 0.6 is 0 Å². The molecule has 126 valence electrons. The zero-order valence-electron chi connectivity index (χ0n) is 14.8. The van der Waals surface area contributed by atoms with Gasteiger partial charge in [0, 0.05) is 63.6 Å². The number of nitrogens with zero attached hydrogens (tertiary/aromatic N) is 4. The van der Waals surface area contributed by atoms with Gasteiger partial charge in [-0.25, -0.2) is 4.98 Å². The van der Waals surface area contributed by atoms with E-state index in [2.05, 4.69) is 58.7 Å². The summed E-state index contributed by atoms with van der Waals surface area (Å²) < 4.78 is 2.29. The van der Waals surface area contributed by atoms with Gasteiger partial charge >= 0.3 is 0 Å². The normalized spacial score (nSPS) is 19.0.